The van der Waals surface area contributed by atoms with E-state index in [1.54, 1.807) is 12.1 Å². The van der Waals surface area contributed by atoms with Gasteiger partial charge in [-0.3, -0.25) is 4.79 Å². The quantitative estimate of drug-likeness (QED) is 0.688. The summed E-state index contributed by atoms with van der Waals surface area (Å²) < 4.78 is 24.6. The van der Waals surface area contributed by atoms with Gasteiger partial charge in [0.2, 0.25) is 0 Å². The molecule has 4 heteroatoms. The second kappa shape index (κ2) is 7.73. The van der Waals surface area contributed by atoms with Crippen LogP contribution in [0.15, 0.2) is 48.0 Å². The van der Waals surface area contributed by atoms with Crippen molar-refractivity contribution in [3.05, 3.63) is 59.4 Å². The fraction of sp³-hybridized carbons (Fsp3) is 0.318. The molecule has 2 aromatic carbocycles. The summed E-state index contributed by atoms with van der Waals surface area (Å²) in [5.41, 5.74) is 3.60. The number of carbonyl (C=O) groups excluding carboxylic acids is 1. The van der Waals surface area contributed by atoms with E-state index < -0.39 is 0 Å². The summed E-state index contributed by atoms with van der Waals surface area (Å²) in [5.74, 6) is 0.234. The lowest BCUT2D eigenvalue weighted by atomic mass is 9.79. The molecule has 1 saturated carbocycles. The molecule has 2 aromatic rings. The molecule has 1 aliphatic rings. The minimum absolute atomic E-state index is 0.0108. The van der Waals surface area contributed by atoms with E-state index in [1.165, 1.54) is 18.7 Å². The molecule has 0 N–H and O–H groups in total. The molecule has 0 spiro atoms. The Morgan fingerprint density at radius 1 is 1.15 bits per heavy atom. The van der Waals surface area contributed by atoms with Gasteiger partial charge in [0, 0.05) is 5.56 Å². The molecule has 0 unspecified atom stereocenters. The van der Waals surface area contributed by atoms with E-state index in [4.69, 9.17) is 9.47 Å². The summed E-state index contributed by atoms with van der Waals surface area (Å²) >= 11 is 0. The smallest absolute Gasteiger partial charge is 0.309 e. The maximum absolute atomic E-state index is 14.2. The Hall–Kier alpha value is -2.62. The van der Waals surface area contributed by atoms with Gasteiger partial charge in [-0.2, -0.15) is 0 Å². The van der Waals surface area contributed by atoms with Gasteiger partial charge in [-0.15, -0.1) is 0 Å². The molecule has 0 aromatic heterocycles. The van der Waals surface area contributed by atoms with Crippen molar-refractivity contribution in [2.24, 2.45) is 5.92 Å². The van der Waals surface area contributed by atoms with Gasteiger partial charge in [-0.1, -0.05) is 35.9 Å². The van der Waals surface area contributed by atoms with Crippen molar-refractivity contribution in [1.82, 2.24) is 0 Å². The zero-order valence-electron chi connectivity index (χ0n) is 15.3. The first-order valence-corrected chi connectivity index (χ1v) is 8.80. The van der Waals surface area contributed by atoms with E-state index in [0.29, 0.717) is 11.3 Å². The van der Waals surface area contributed by atoms with Crippen LogP contribution < -0.4 is 4.74 Å². The Labute approximate surface area is 153 Å². The van der Waals surface area contributed by atoms with Crippen molar-refractivity contribution >= 4 is 12.0 Å². The summed E-state index contributed by atoms with van der Waals surface area (Å²) in [4.78, 5) is 11.4. The summed E-state index contributed by atoms with van der Waals surface area (Å²) in [5, 5.41) is 0. The van der Waals surface area contributed by atoms with Gasteiger partial charge < -0.3 is 9.47 Å². The SMILES string of the molecule is COC(=O)C1CC(=Cc2ccc(-c3cc(OC(C)C)ccc3F)cc2)C1. The maximum atomic E-state index is 14.2. The molecule has 1 fully saturated rings. The average Bonchev–Trinajstić information content (AvgIpc) is 2.59. The zero-order valence-corrected chi connectivity index (χ0v) is 15.3. The van der Waals surface area contributed by atoms with Gasteiger partial charge >= 0.3 is 5.97 Å². The highest BCUT2D eigenvalue weighted by molar-refractivity contribution is 5.76. The second-order valence-corrected chi connectivity index (χ2v) is 6.86. The molecule has 0 atom stereocenters. The summed E-state index contributed by atoms with van der Waals surface area (Å²) in [6, 6.07) is 12.5. The number of esters is 1. The van der Waals surface area contributed by atoms with Gasteiger partial charge in [-0.25, -0.2) is 4.39 Å². The number of carbonyl (C=O) groups is 1. The number of rotatable bonds is 5. The third-order valence-corrected chi connectivity index (χ3v) is 4.45. The Kier molecular flexibility index (Phi) is 5.40. The van der Waals surface area contributed by atoms with Crippen molar-refractivity contribution in [3.8, 4) is 16.9 Å². The van der Waals surface area contributed by atoms with Crippen molar-refractivity contribution < 1.29 is 18.7 Å². The first-order valence-electron chi connectivity index (χ1n) is 8.80. The normalized spacial score (nSPS) is 16.2. The fourth-order valence-electron chi connectivity index (χ4n) is 3.09. The number of ether oxygens (including phenoxy) is 2. The zero-order chi connectivity index (χ0) is 18.7. The Bertz CT molecular complexity index is 814. The Morgan fingerprint density at radius 3 is 2.46 bits per heavy atom. The van der Waals surface area contributed by atoms with Crippen LogP contribution >= 0.6 is 0 Å². The Balaban J connectivity index is 1.73. The number of hydrogen-bond acceptors (Lipinski definition) is 3. The molecule has 0 aliphatic heterocycles. The van der Waals surface area contributed by atoms with Crippen LogP contribution in [0.25, 0.3) is 17.2 Å². The number of benzene rings is 2. The van der Waals surface area contributed by atoms with Gasteiger partial charge in [0.05, 0.1) is 19.1 Å². The molecule has 1 aliphatic carbocycles. The topological polar surface area (TPSA) is 35.5 Å². The van der Waals surface area contributed by atoms with Crippen molar-refractivity contribution in [2.45, 2.75) is 32.8 Å². The van der Waals surface area contributed by atoms with Crippen LogP contribution in [0.2, 0.25) is 0 Å². The molecule has 26 heavy (non-hydrogen) atoms. The van der Waals surface area contributed by atoms with Gasteiger partial charge in [-0.05, 0) is 56.0 Å². The van der Waals surface area contributed by atoms with Gasteiger partial charge in [0.1, 0.15) is 11.6 Å². The van der Waals surface area contributed by atoms with Crippen LogP contribution in [-0.2, 0) is 9.53 Å². The fourth-order valence-corrected chi connectivity index (χ4v) is 3.09. The van der Waals surface area contributed by atoms with Crippen LogP contribution in [0.4, 0.5) is 4.39 Å². The van der Waals surface area contributed by atoms with Crippen LogP contribution in [0, 0.1) is 11.7 Å². The molecule has 3 rings (SSSR count). The van der Waals surface area contributed by atoms with Gasteiger partial charge in [0.15, 0.2) is 0 Å². The molecular weight excluding hydrogens is 331 g/mol. The first-order chi connectivity index (χ1) is 12.5. The van der Waals surface area contributed by atoms with E-state index in [1.807, 2.05) is 38.1 Å². The van der Waals surface area contributed by atoms with Gasteiger partial charge in [0.25, 0.3) is 0 Å². The number of halogens is 1. The molecule has 0 heterocycles. The lowest BCUT2D eigenvalue weighted by Gasteiger charge is -2.26. The predicted molar refractivity (Wildman–Crippen MR) is 100 cm³/mol. The van der Waals surface area contributed by atoms with E-state index in [-0.39, 0.29) is 23.8 Å². The number of allylic oxidation sites excluding steroid dienone is 1. The van der Waals surface area contributed by atoms with Crippen molar-refractivity contribution in [1.29, 1.82) is 0 Å². The van der Waals surface area contributed by atoms with E-state index in [9.17, 15) is 9.18 Å². The molecule has 0 saturated heterocycles. The van der Waals surface area contributed by atoms with Crippen LogP contribution in [0.1, 0.15) is 32.3 Å². The van der Waals surface area contributed by atoms with E-state index in [2.05, 4.69) is 6.08 Å². The largest absolute Gasteiger partial charge is 0.491 e. The van der Waals surface area contributed by atoms with E-state index in [0.717, 1.165) is 24.0 Å². The highest BCUT2D eigenvalue weighted by atomic mass is 19.1. The molecule has 0 radical (unpaired) electrons. The highest BCUT2D eigenvalue weighted by Gasteiger charge is 2.30. The monoisotopic (exact) mass is 354 g/mol. The number of hydrogen-bond donors (Lipinski definition) is 0. The molecular formula is C22H23FO3. The Morgan fingerprint density at radius 2 is 1.85 bits per heavy atom. The van der Waals surface area contributed by atoms with Crippen LogP contribution in [-0.4, -0.2) is 19.2 Å². The third-order valence-electron chi connectivity index (χ3n) is 4.45. The van der Waals surface area contributed by atoms with E-state index >= 15 is 0 Å². The van der Waals surface area contributed by atoms with Crippen molar-refractivity contribution in [2.75, 3.05) is 7.11 Å². The first kappa shape index (κ1) is 18.2. The second-order valence-electron chi connectivity index (χ2n) is 6.86. The molecule has 0 amide bonds. The minimum Gasteiger partial charge on any atom is -0.491 e. The average molecular weight is 354 g/mol. The molecule has 3 nitrogen and oxygen atoms in total. The lowest BCUT2D eigenvalue weighted by Crippen LogP contribution is -2.25. The van der Waals surface area contributed by atoms with Crippen LogP contribution in [0.5, 0.6) is 5.75 Å². The standard InChI is InChI=1S/C22H23FO3/c1-14(2)26-19-8-9-21(23)20(13-19)17-6-4-15(5-7-17)10-16-11-18(12-16)22(24)25-3/h4-10,13-14,18H,11-12H2,1-3H3. The highest BCUT2D eigenvalue weighted by Crippen LogP contribution is 2.35. The van der Waals surface area contributed by atoms with Crippen molar-refractivity contribution in [3.63, 3.8) is 0 Å². The summed E-state index contributed by atoms with van der Waals surface area (Å²) in [6.07, 6.45) is 3.62. The lowest BCUT2D eigenvalue weighted by molar-refractivity contribution is -0.146. The maximum Gasteiger partial charge on any atom is 0.309 e. The summed E-state index contributed by atoms with van der Waals surface area (Å²) in [7, 11) is 1.42. The molecule has 0 bridgehead atoms. The third kappa shape index (κ3) is 4.13. The summed E-state index contributed by atoms with van der Waals surface area (Å²) in [6.45, 7) is 3.88. The predicted octanol–water partition coefficient (Wildman–Crippen LogP) is 5.25. The number of methoxy groups -OCH3 is 1. The molecule has 136 valence electrons. The minimum atomic E-state index is -0.271. The van der Waals surface area contributed by atoms with Crippen LogP contribution in [0.3, 0.4) is 0 Å².